The van der Waals surface area contributed by atoms with Crippen molar-refractivity contribution in [2.75, 3.05) is 0 Å². The van der Waals surface area contributed by atoms with E-state index in [4.69, 9.17) is 0 Å². The summed E-state index contributed by atoms with van der Waals surface area (Å²) in [5.41, 5.74) is 1.47. The van der Waals surface area contributed by atoms with Crippen molar-refractivity contribution >= 4 is 16.9 Å². The third kappa shape index (κ3) is 3.08. The maximum Gasteiger partial charge on any atom is 0.417 e. The fourth-order valence-electron chi connectivity index (χ4n) is 3.83. The number of rotatable bonds is 4. The molecule has 0 amide bonds. The van der Waals surface area contributed by atoms with Gasteiger partial charge in [-0.2, -0.15) is 13.2 Å². The van der Waals surface area contributed by atoms with E-state index in [1.54, 1.807) is 13.1 Å². The Morgan fingerprint density at radius 3 is 2.45 bits per heavy atom. The van der Waals surface area contributed by atoms with E-state index in [2.05, 4.69) is 9.97 Å². The van der Waals surface area contributed by atoms with Gasteiger partial charge in [0.15, 0.2) is 0 Å². The minimum atomic E-state index is -4.60. The van der Waals surface area contributed by atoms with Gasteiger partial charge in [-0.1, -0.05) is 37.3 Å². The highest BCUT2D eigenvalue weighted by molar-refractivity contribution is 6.02. The molecular weight excluding hydrogens is 381 g/mol. The van der Waals surface area contributed by atoms with Gasteiger partial charge in [0.25, 0.3) is 0 Å². The standard InChI is InChI=1S/C22H17F3N2O2/c1-2-12-18(15-6-3-4-8-16(15)22(23,24)25)20(21(28)29)27-19(12)14-7-5-9-17-13(14)10-11-26-17/h3-11,26-27H,2H2,1H3,(H,28,29). The molecular formula is C22H17F3N2O2. The van der Waals surface area contributed by atoms with Gasteiger partial charge < -0.3 is 15.1 Å². The lowest BCUT2D eigenvalue weighted by atomic mass is 9.92. The third-order valence-electron chi connectivity index (χ3n) is 5.04. The maximum absolute atomic E-state index is 13.6. The number of aromatic nitrogens is 2. The van der Waals surface area contributed by atoms with Crippen molar-refractivity contribution in [3.8, 4) is 22.4 Å². The molecule has 2 aromatic heterocycles. The van der Waals surface area contributed by atoms with E-state index in [1.807, 2.05) is 24.3 Å². The van der Waals surface area contributed by atoms with Crippen LogP contribution in [0.5, 0.6) is 0 Å². The number of H-pyrrole nitrogens is 2. The summed E-state index contributed by atoms with van der Waals surface area (Å²) in [5, 5.41) is 10.6. The second-order valence-corrected chi connectivity index (χ2v) is 6.68. The molecule has 7 heteroatoms. The first-order valence-electron chi connectivity index (χ1n) is 9.04. The van der Waals surface area contributed by atoms with Crippen LogP contribution in [-0.2, 0) is 12.6 Å². The fourth-order valence-corrected chi connectivity index (χ4v) is 3.83. The van der Waals surface area contributed by atoms with Crippen molar-refractivity contribution in [3.05, 3.63) is 71.5 Å². The van der Waals surface area contributed by atoms with Gasteiger partial charge in [0.2, 0.25) is 0 Å². The van der Waals surface area contributed by atoms with Crippen LogP contribution in [0.25, 0.3) is 33.3 Å². The summed E-state index contributed by atoms with van der Waals surface area (Å²) in [6.45, 7) is 1.80. The van der Waals surface area contributed by atoms with Crippen LogP contribution >= 0.6 is 0 Å². The molecule has 2 aromatic carbocycles. The molecule has 0 aliphatic rings. The maximum atomic E-state index is 13.6. The molecule has 0 unspecified atom stereocenters. The molecule has 3 N–H and O–H groups in total. The molecule has 0 fully saturated rings. The Bertz CT molecular complexity index is 1220. The van der Waals surface area contributed by atoms with Gasteiger partial charge in [-0.15, -0.1) is 0 Å². The molecule has 0 saturated carbocycles. The SMILES string of the molecule is CCc1c(-c2cccc3[nH]ccc23)[nH]c(C(=O)O)c1-c1ccccc1C(F)(F)F. The average molecular weight is 398 g/mol. The van der Waals surface area contributed by atoms with Crippen LogP contribution in [0, 0.1) is 0 Å². The lowest BCUT2D eigenvalue weighted by Crippen LogP contribution is -2.09. The predicted octanol–water partition coefficient (Wildman–Crippen LogP) is 6.11. The van der Waals surface area contributed by atoms with Crippen molar-refractivity contribution in [3.63, 3.8) is 0 Å². The molecule has 29 heavy (non-hydrogen) atoms. The molecule has 148 valence electrons. The average Bonchev–Trinajstić information content (AvgIpc) is 3.31. The molecule has 4 nitrogen and oxygen atoms in total. The fraction of sp³-hybridized carbons (Fsp3) is 0.136. The molecule has 0 saturated heterocycles. The quantitative estimate of drug-likeness (QED) is 0.388. The Kier molecular flexibility index (Phi) is 4.45. The van der Waals surface area contributed by atoms with E-state index in [0.717, 1.165) is 22.5 Å². The van der Waals surface area contributed by atoms with E-state index in [1.165, 1.54) is 18.2 Å². The number of hydrogen-bond acceptors (Lipinski definition) is 1. The number of hydrogen-bond donors (Lipinski definition) is 3. The number of carbonyl (C=O) groups is 1. The van der Waals surface area contributed by atoms with E-state index in [0.29, 0.717) is 17.7 Å². The number of fused-ring (bicyclic) bond motifs is 1. The predicted molar refractivity (Wildman–Crippen MR) is 105 cm³/mol. The molecule has 4 aromatic rings. The molecule has 0 radical (unpaired) electrons. The van der Waals surface area contributed by atoms with Gasteiger partial charge in [-0.25, -0.2) is 4.79 Å². The largest absolute Gasteiger partial charge is 0.477 e. The summed E-state index contributed by atoms with van der Waals surface area (Å²) in [5.74, 6) is -1.31. The Balaban J connectivity index is 2.07. The summed E-state index contributed by atoms with van der Waals surface area (Å²) in [6, 6.07) is 12.4. The number of carboxylic acids is 1. The van der Waals surface area contributed by atoms with Crippen molar-refractivity contribution < 1.29 is 23.1 Å². The number of alkyl halides is 3. The van der Waals surface area contributed by atoms with Crippen LogP contribution in [0.3, 0.4) is 0 Å². The highest BCUT2D eigenvalue weighted by Gasteiger charge is 2.36. The lowest BCUT2D eigenvalue weighted by Gasteiger charge is -2.14. The second-order valence-electron chi connectivity index (χ2n) is 6.68. The summed E-state index contributed by atoms with van der Waals surface area (Å²) in [6.07, 6.45) is -2.47. The third-order valence-corrected chi connectivity index (χ3v) is 5.04. The van der Waals surface area contributed by atoms with Gasteiger partial charge in [0, 0.05) is 28.2 Å². The van der Waals surface area contributed by atoms with Crippen molar-refractivity contribution in [2.45, 2.75) is 19.5 Å². The Morgan fingerprint density at radius 2 is 1.76 bits per heavy atom. The Morgan fingerprint density at radius 1 is 1.03 bits per heavy atom. The molecule has 0 spiro atoms. The topological polar surface area (TPSA) is 68.9 Å². The van der Waals surface area contributed by atoms with E-state index in [-0.39, 0.29) is 16.8 Å². The minimum absolute atomic E-state index is 0.0791. The summed E-state index contributed by atoms with van der Waals surface area (Å²) in [7, 11) is 0. The minimum Gasteiger partial charge on any atom is -0.477 e. The normalized spacial score (nSPS) is 11.9. The van der Waals surface area contributed by atoms with Crippen molar-refractivity contribution in [1.82, 2.24) is 9.97 Å². The molecule has 0 aliphatic carbocycles. The molecule has 0 bridgehead atoms. The lowest BCUT2D eigenvalue weighted by molar-refractivity contribution is -0.137. The van der Waals surface area contributed by atoms with E-state index in [9.17, 15) is 23.1 Å². The van der Waals surface area contributed by atoms with Gasteiger partial charge in [-0.05, 0) is 35.7 Å². The zero-order valence-electron chi connectivity index (χ0n) is 15.4. The molecule has 2 heterocycles. The number of aromatic amines is 2. The second kappa shape index (κ2) is 6.84. The van der Waals surface area contributed by atoms with Crippen LogP contribution < -0.4 is 0 Å². The first-order valence-corrected chi connectivity index (χ1v) is 9.04. The van der Waals surface area contributed by atoms with Gasteiger partial charge >= 0.3 is 12.1 Å². The number of halogens is 3. The van der Waals surface area contributed by atoms with Crippen LogP contribution in [0.15, 0.2) is 54.7 Å². The molecule has 4 rings (SSSR count). The van der Waals surface area contributed by atoms with Crippen LogP contribution in [0.4, 0.5) is 13.2 Å². The van der Waals surface area contributed by atoms with Crippen LogP contribution in [0.2, 0.25) is 0 Å². The first kappa shape index (κ1) is 18.9. The molecule has 0 atom stereocenters. The number of carboxylic acid groups (broad SMARTS) is 1. The first-order chi connectivity index (χ1) is 13.8. The van der Waals surface area contributed by atoms with Gasteiger partial charge in [0.05, 0.1) is 11.3 Å². The number of benzene rings is 2. The molecule has 0 aliphatic heterocycles. The zero-order chi connectivity index (χ0) is 20.8. The van der Waals surface area contributed by atoms with Crippen molar-refractivity contribution in [1.29, 1.82) is 0 Å². The van der Waals surface area contributed by atoms with Gasteiger partial charge in [-0.3, -0.25) is 0 Å². The summed E-state index contributed by atoms with van der Waals surface area (Å²) < 4.78 is 40.9. The Hall–Kier alpha value is -3.48. The van der Waals surface area contributed by atoms with Crippen molar-refractivity contribution in [2.24, 2.45) is 0 Å². The smallest absolute Gasteiger partial charge is 0.417 e. The highest BCUT2D eigenvalue weighted by Crippen LogP contribution is 2.43. The number of aromatic carboxylic acids is 1. The van der Waals surface area contributed by atoms with Crippen LogP contribution in [-0.4, -0.2) is 21.0 Å². The van der Waals surface area contributed by atoms with E-state index >= 15 is 0 Å². The summed E-state index contributed by atoms with van der Waals surface area (Å²) in [4.78, 5) is 18.0. The van der Waals surface area contributed by atoms with Crippen LogP contribution in [0.1, 0.15) is 28.5 Å². The zero-order valence-corrected chi connectivity index (χ0v) is 15.4. The van der Waals surface area contributed by atoms with Gasteiger partial charge in [0.1, 0.15) is 5.69 Å². The monoisotopic (exact) mass is 398 g/mol. The summed E-state index contributed by atoms with van der Waals surface area (Å²) >= 11 is 0. The Labute approximate surface area is 164 Å². The highest BCUT2D eigenvalue weighted by atomic mass is 19.4. The van der Waals surface area contributed by atoms with E-state index < -0.39 is 17.7 Å². The number of nitrogens with one attached hydrogen (secondary N) is 2.